The van der Waals surface area contributed by atoms with Crippen molar-refractivity contribution in [3.05, 3.63) is 59.9 Å². The van der Waals surface area contributed by atoms with Gasteiger partial charge in [-0.2, -0.15) is 0 Å². The Bertz CT molecular complexity index is 782. The van der Waals surface area contributed by atoms with Crippen LogP contribution in [0.15, 0.2) is 48.5 Å². The molecule has 1 fully saturated rings. The highest BCUT2D eigenvalue weighted by molar-refractivity contribution is 5.89. The summed E-state index contributed by atoms with van der Waals surface area (Å²) < 4.78 is 18.2. The SMILES string of the molecule is COc1cccc(NC(=O)NCCCN2CCCC(Cc3ccc(F)cc3)C2)c1. The number of hydrogen-bond acceptors (Lipinski definition) is 3. The molecule has 0 saturated carbocycles. The Morgan fingerprint density at radius 2 is 2.07 bits per heavy atom. The summed E-state index contributed by atoms with van der Waals surface area (Å²) in [5.74, 6) is 1.14. The Balaban J connectivity index is 1.34. The Morgan fingerprint density at radius 3 is 2.86 bits per heavy atom. The number of amides is 2. The Kier molecular flexibility index (Phi) is 7.87. The van der Waals surface area contributed by atoms with E-state index in [4.69, 9.17) is 4.74 Å². The first-order chi connectivity index (χ1) is 14.1. The minimum absolute atomic E-state index is 0.179. The third kappa shape index (κ3) is 7.06. The van der Waals surface area contributed by atoms with Crippen LogP contribution in [0.3, 0.4) is 0 Å². The van der Waals surface area contributed by atoms with Crippen molar-refractivity contribution in [2.75, 3.05) is 38.6 Å². The van der Waals surface area contributed by atoms with E-state index in [0.29, 0.717) is 23.9 Å². The molecule has 0 spiro atoms. The number of ether oxygens (including phenoxy) is 1. The number of benzene rings is 2. The van der Waals surface area contributed by atoms with E-state index in [1.54, 1.807) is 13.2 Å². The van der Waals surface area contributed by atoms with Crippen LogP contribution in [0.25, 0.3) is 0 Å². The summed E-state index contributed by atoms with van der Waals surface area (Å²) in [6.07, 6.45) is 4.32. The Hall–Kier alpha value is -2.60. The normalized spacial score (nSPS) is 17.0. The summed E-state index contributed by atoms with van der Waals surface area (Å²) in [6, 6.07) is 13.9. The van der Waals surface area contributed by atoms with E-state index in [9.17, 15) is 9.18 Å². The van der Waals surface area contributed by atoms with Crippen LogP contribution in [0.4, 0.5) is 14.9 Å². The fraction of sp³-hybridized carbons (Fsp3) is 0.435. The molecule has 29 heavy (non-hydrogen) atoms. The standard InChI is InChI=1S/C23H30FN3O2/c1-29-22-7-2-6-21(16-22)26-23(28)25-12-4-14-27-13-3-5-19(17-27)15-18-8-10-20(24)11-9-18/h2,6-11,16,19H,3-5,12-15,17H2,1H3,(H2,25,26,28). The van der Waals surface area contributed by atoms with Crippen LogP contribution >= 0.6 is 0 Å². The van der Waals surface area contributed by atoms with E-state index in [0.717, 1.165) is 32.5 Å². The fourth-order valence-electron chi connectivity index (χ4n) is 3.86. The van der Waals surface area contributed by atoms with Gasteiger partial charge in [0.2, 0.25) is 0 Å². The molecule has 3 rings (SSSR count). The van der Waals surface area contributed by atoms with Crippen molar-refractivity contribution in [2.45, 2.75) is 25.7 Å². The van der Waals surface area contributed by atoms with E-state index in [1.807, 2.05) is 30.3 Å². The molecule has 0 aromatic heterocycles. The maximum atomic E-state index is 13.1. The topological polar surface area (TPSA) is 53.6 Å². The smallest absolute Gasteiger partial charge is 0.319 e. The summed E-state index contributed by atoms with van der Waals surface area (Å²) in [7, 11) is 1.60. The number of rotatable bonds is 8. The van der Waals surface area contributed by atoms with Crippen molar-refractivity contribution in [3.63, 3.8) is 0 Å². The van der Waals surface area contributed by atoms with Crippen molar-refractivity contribution in [1.29, 1.82) is 0 Å². The molecular formula is C23H30FN3O2. The number of likely N-dealkylation sites (tertiary alicyclic amines) is 1. The molecule has 2 N–H and O–H groups in total. The van der Waals surface area contributed by atoms with Gasteiger partial charge >= 0.3 is 6.03 Å². The van der Waals surface area contributed by atoms with Crippen LogP contribution in [0.2, 0.25) is 0 Å². The number of urea groups is 1. The molecule has 1 heterocycles. The summed E-state index contributed by atoms with van der Waals surface area (Å²) in [4.78, 5) is 14.5. The number of hydrogen-bond donors (Lipinski definition) is 2. The van der Waals surface area contributed by atoms with E-state index in [2.05, 4.69) is 15.5 Å². The van der Waals surface area contributed by atoms with Gasteiger partial charge < -0.3 is 20.3 Å². The molecule has 5 nitrogen and oxygen atoms in total. The first-order valence-electron chi connectivity index (χ1n) is 10.3. The highest BCUT2D eigenvalue weighted by Gasteiger charge is 2.19. The molecule has 156 valence electrons. The molecule has 6 heteroatoms. The number of nitrogens with one attached hydrogen (secondary N) is 2. The zero-order valence-corrected chi connectivity index (χ0v) is 17.0. The van der Waals surface area contributed by atoms with Crippen molar-refractivity contribution in [2.24, 2.45) is 5.92 Å². The van der Waals surface area contributed by atoms with E-state index in [1.165, 1.54) is 30.5 Å². The summed E-state index contributed by atoms with van der Waals surface area (Å²) in [6.45, 7) is 3.78. The molecule has 1 unspecified atom stereocenters. The number of anilines is 1. The number of methoxy groups -OCH3 is 1. The Morgan fingerprint density at radius 1 is 1.24 bits per heavy atom. The van der Waals surface area contributed by atoms with Crippen molar-refractivity contribution in [3.8, 4) is 5.75 Å². The van der Waals surface area contributed by atoms with Gasteiger partial charge in [-0.25, -0.2) is 9.18 Å². The van der Waals surface area contributed by atoms with Crippen LogP contribution < -0.4 is 15.4 Å². The lowest BCUT2D eigenvalue weighted by Gasteiger charge is -2.32. The molecule has 1 aliphatic rings. The second kappa shape index (κ2) is 10.8. The van der Waals surface area contributed by atoms with Gasteiger partial charge in [0.05, 0.1) is 7.11 Å². The minimum Gasteiger partial charge on any atom is -0.497 e. The van der Waals surface area contributed by atoms with Gasteiger partial charge in [0, 0.05) is 24.8 Å². The molecular weight excluding hydrogens is 369 g/mol. The lowest BCUT2D eigenvalue weighted by molar-refractivity contribution is 0.172. The van der Waals surface area contributed by atoms with Gasteiger partial charge in [0.25, 0.3) is 0 Å². The third-order valence-electron chi connectivity index (χ3n) is 5.31. The average molecular weight is 400 g/mol. The largest absolute Gasteiger partial charge is 0.497 e. The zero-order chi connectivity index (χ0) is 20.5. The van der Waals surface area contributed by atoms with Crippen LogP contribution in [-0.4, -0.2) is 44.2 Å². The number of nitrogens with zero attached hydrogens (tertiary/aromatic N) is 1. The van der Waals surface area contributed by atoms with E-state index >= 15 is 0 Å². The average Bonchev–Trinajstić information content (AvgIpc) is 2.73. The Labute approximate surface area is 172 Å². The zero-order valence-electron chi connectivity index (χ0n) is 17.0. The first kappa shape index (κ1) is 21.1. The molecule has 1 saturated heterocycles. The van der Waals surface area contributed by atoms with E-state index in [-0.39, 0.29) is 11.8 Å². The number of carbonyl (C=O) groups excluding carboxylic acids is 1. The molecule has 2 aromatic rings. The molecule has 0 bridgehead atoms. The first-order valence-corrected chi connectivity index (χ1v) is 10.3. The highest BCUT2D eigenvalue weighted by atomic mass is 19.1. The second-order valence-corrected chi connectivity index (χ2v) is 7.61. The summed E-state index contributed by atoms with van der Waals surface area (Å²) in [5, 5.41) is 5.73. The van der Waals surface area contributed by atoms with Gasteiger partial charge in [0.15, 0.2) is 0 Å². The number of piperidine rings is 1. The molecule has 1 aliphatic heterocycles. The van der Waals surface area contributed by atoms with Gasteiger partial charge in [-0.3, -0.25) is 0 Å². The number of carbonyl (C=O) groups is 1. The summed E-state index contributed by atoms with van der Waals surface area (Å²) in [5.41, 5.74) is 1.91. The van der Waals surface area contributed by atoms with Gasteiger partial charge in [-0.15, -0.1) is 0 Å². The number of halogens is 1. The lowest BCUT2D eigenvalue weighted by atomic mass is 9.91. The predicted octanol–water partition coefficient (Wildman–Crippen LogP) is 4.30. The van der Waals surface area contributed by atoms with Crippen molar-refractivity contribution < 1.29 is 13.9 Å². The van der Waals surface area contributed by atoms with Crippen LogP contribution in [0.1, 0.15) is 24.8 Å². The maximum absolute atomic E-state index is 13.1. The van der Waals surface area contributed by atoms with E-state index < -0.39 is 0 Å². The van der Waals surface area contributed by atoms with Crippen molar-refractivity contribution in [1.82, 2.24) is 10.2 Å². The van der Waals surface area contributed by atoms with Crippen LogP contribution in [0.5, 0.6) is 5.75 Å². The second-order valence-electron chi connectivity index (χ2n) is 7.61. The molecule has 1 atom stereocenters. The van der Waals surface area contributed by atoms with Gasteiger partial charge in [-0.1, -0.05) is 18.2 Å². The molecule has 2 aromatic carbocycles. The fourth-order valence-corrected chi connectivity index (χ4v) is 3.86. The summed E-state index contributed by atoms with van der Waals surface area (Å²) >= 11 is 0. The van der Waals surface area contributed by atoms with Gasteiger partial charge in [0.1, 0.15) is 11.6 Å². The quantitative estimate of drug-likeness (QED) is 0.651. The molecule has 0 aliphatic carbocycles. The monoisotopic (exact) mass is 399 g/mol. The lowest BCUT2D eigenvalue weighted by Crippen LogP contribution is -2.38. The van der Waals surface area contributed by atoms with Crippen LogP contribution in [-0.2, 0) is 6.42 Å². The maximum Gasteiger partial charge on any atom is 0.319 e. The predicted molar refractivity (Wildman–Crippen MR) is 114 cm³/mol. The minimum atomic E-state index is -0.203. The van der Waals surface area contributed by atoms with Crippen LogP contribution in [0, 0.1) is 11.7 Å². The van der Waals surface area contributed by atoms with Gasteiger partial charge in [-0.05, 0) is 74.5 Å². The third-order valence-corrected chi connectivity index (χ3v) is 5.31. The molecule has 2 amide bonds. The van der Waals surface area contributed by atoms with Crippen molar-refractivity contribution >= 4 is 11.7 Å². The molecule has 0 radical (unpaired) electrons. The highest BCUT2D eigenvalue weighted by Crippen LogP contribution is 2.21.